The van der Waals surface area contributed by atoms with Crippen molar-refractivity contribution in [1.29, 1.82) is 0 Å². The summed E-state index contributed by atoms with van der Waals surface area (Å²) < 4.78 is 0. The second kappa shape index (κ2) is 9.27. The third-order valence-corrected chi connectivity index (χ3v) is 7.35. The standard InChI is InChI=1S/C27H34N4O2/c1-20-16-22-8-3-5-10-24(22)30(20)26(32)18-28-12-7-13-29(15-14-28)19-27(33)31-21(2)17-23-9-4-6-11-25(23)31/h3-6,8-11,20-21H,7,12-19H2,1-2H3/t20-,21+. The summed E-state index contributed by atoms with van der Waals surface area (Å²) in [5, 5.41) is 0. The van der Waals surface area contributed by atoms with Gasteiger partial charge in [0, 0.05) is 36.5 Å². The van der Waals surface area contributed by atoms with Gasteiger partial charge in [-0.2, -0.15) is 0 Å². The highest BCUT2D eigenvalue weighted by Gasteiger charge is 2.33. The highest BCUT2D eigenvalue weighted by atomic mass is 16.2. The SMILES string of the molecule is C[C@@H]1Cc2ccccc2N1C(=O)CN1CCCN(CC(=O)N2c3ccccc3C[C@@H]2C)CC1. The number of hydrogen-bond donors (Lipinski definition) is 0. The molecule has 6 nitrogen and oxygen atoms in total. The number of para-hydroxylation sites is 2. The molecule has 5 rings (SSSR count). The number of rotatable bonds is 4. The van der Waals surface area contributed by atoms with Gasteiger partial charge in [-0.25, -0.2) is 0 Å². The average molecular weight is 447 g/mol. The van der Waals surface area contributed by atoms with E-state index in [9.17, 15) is 9.59 Å². The minimum absolute atomic E-state index is 0.180. The summed E-state index contributed by atoms with van der Waals surface area (Å²) in [6.07, 6.45) is 2.82. The topological polar surface area (TPSA) is 47.1 Å². The third kappa shape index (κ3) is 4.42. The van der Waals surface area contributed by atoms with E-state index in [1.807, 2.05) is 34.1 Å². The summed E-state index contributed by atoms with van der Waals surface area (Å²) >= 11 is 0. The molecule has 0 aliphatic carbocycles. The van der Waals surface area contributed by atoms with Crippen molar-refractivity contribution < 1.29 is 9.59 Å². The van der Waals surface area contributed by atoms with Crippen LogP contribution >= 0.6 is 0 Å². The summed E-state index contributed by atoms with van der Waals surface area (Å²) in [6.45, 7) is 8.56. The summed E-state index contributed by atoms with van der Waals surface area (Å²) in [6, 6.07) is 16.9. The second-order valence-electron chi connectivity index (χ2n) is 9.80. The van der Waals surface area contributed by atoms with Gasteiger partial charge in [-0.1, -0.05) is 36.4 Å². The van der Waals surface area contributed by atoms with Crippen LogP contribution < -0.4 is 9.80 Å². The zero-order valence-electron chi connectivity index (χ0n) is 19.7. The Hall–Kier alpha value is -2.70. The van der Waals surface area contributed by atoms with Crippen LogP contribution in [0.1, 0.15) is 31.4 Å². The van der Waals surface area contributed by atoms with Crippen LogP contribution in [0.2, 0.25) is 0 Å². The highest BCUT2D eigenvalue weighted by molar-refractivity contribution is 5.98. The van der Waals surface area contributed by atoms with Crippen LogP contribution in [0, 0.1) is 0 Å². The van der Waals surface area contributed by atoms with Gasteiger partial charge in [0.1, 0.15) is 0 Å². The number of anilines is 2. The van der Waals surface area contributed by atoms with Gasteiger partial charge in [0.15, 0.2) is 0 Å². The Kier molecular flexibility index (Phi) is 6.21. The average Bonchev–Trinajstić information content (AvgIpc) is 3.22. The molecule has 0 aromatic heterocycles. The normalized spacial score (nSPS) is 23.3. The van der Waals surface area contributed by atoms with Crippen molar-refractivity contribution in [3.05, 3.63) is 59.7 Å². The van der Waals surface area contributed by atoms with E-state index in [4.69, 9.17) is 0 Å². The molecule has 3 aliphatic heterocycles. The summed E-state index contributed by atoms with van der Waals surface area (Å²) in [4.78, 5) is 34.9. The Morgan fingerprint density at radius 2 is 1.12 bits per heavy atom. The first-order chi connectivity index (χ1) is 16.0. The van der Waals surface area contributed by atoms with Gasteiger partial charge >= 0.3 is 0 Å². The molecular weight excluding hydrogens is 412 g/mol. The van der Waals surface area contributed by atoms with Crippen LogP contribution in [0.3, 0.4) is 0 Å². The maximum atomic E-state index is 13.2. The van der Waals surface area contributed by atoms with Crippen molar-refractivity contribution in [3.8, 4) is 0 Å². The van der Waals surface area contributed by atoms with Crippen LogP contribution in [0.4, 0.5) is 11.4 Å². The van der Waals surface area contributed by atoms with Gasteiger partial charge in [0.2, 0.25) is 11.8 Å². The molecule has 0 bridgehead atoms. The molecule has 0 radical (unpaired) electrons. The summed E-state index contributed by atoms with van der Waals surface area (Å²) in [5.41, 5.74) is 4.65. The number of amides is 2. The number of fused-ring (bicyclic) bond motifs is 2. The lowest BCUT2D eigenvalue weighted by molar-refractivity contribution is -0.121. The molecule has 3 heterocycles. The van der Waals surface area contributed by atoms with Gasteiger partial charge in [0.25, 0.3) is 0 Å². The minimum atomic E-state index is 0.180. The first kappa shape index (κ1) is 22.1. The Labute approximate surface area is 196 Å². The number of benzene rings is 2. The molecule has 33 heavy (non-hydrogen) atoms. The molecule has 1 fully saturated rings. The van der Waals surface area contributed by atoms with Crippen LogP contribution in [-0.4, -0.2) is 73.0 Å². The molecule has 1 saturated heterocycles. The largest absolute Gasteiger partial charge is 0.308 e. The molecule has 2 atom stereocenters. The lowest BCUT2D eigenvalue weighted by atomic mass is 10.1. The number of carbonyl (C=O) groups is 2. The fraction of sp³-hybridized carbons (Fsp3) is 0.481. The van der Waals surface area contributed by atoms with Gasteiger partial charge in [-0.3, -0.25) is 19.4 Å². The van der Waals surface area contributed by atoms with Crippen molar-refractivity contribution in [2.45, 2.75) is 45.2 Å². The second-order valence-corrected chi connectivity index (χ2v) is 9.80. The molecule has 0 saturated carbocycles. The van der Waals surface area contributed by atoms with Crippen molar-refractivity contribution in [3.63, 3.8) is 0 Å². The number of nitrogens with zero attached hydrogens (tertiary/aromatic N) is 4. The van der Waals surface area contributed by atoms with Crippen LogP contribution in [0.15, 0.2) is 48.5 Å². The Morgan fingerprint density at radius 3 is 1.58 bits per heavy atom. The molecule has 0 spiro atoms. The van der Waals surface area contributed by atoms with Gasteiger partial charge < -0.3 is 9.80 Å². The molecule has 3 aliphatic rings. The summed E-state index contributed by atoms with van der Waals surface area (Å²) in [7, 11) is 0. The van der Waals surface area contributed by atoms with Gasteiger partial charge in [-0.15, -0.1) is 0 Å². The molecule has 2 amide bonds. The predicted octanol–water partition coefficient (Wildman–Crippen LogP) is 2.95. The van der Waals surface area contributed by atoms with E-state index in [2.05, 4.69) is 47.9 Å². The first-order valence-corrected chi connectivity index (χ1v) is 12.3. The molecule has 2 aromatic rings. The summed E-state index contributed by atoms with van der Waals surface area (Å²) in [5.74, 6) is 0.360. The molecular formula is C27H34N4O2. The molecule has 6 heteroatoms. The predicted molar refractivity (Wildman–Crippen MR) is 132 cm³/mol. The zero-order valence-corrected chi connectivity index (χ0v) is 19.7. The van der Waals surface area contributed by atoms with Crippen molar-refractivity contribution in [2.24, 2.45) is 0 Å². The van der Waals surface area contributed by atoms with E-state index in [-0.39, 0.29) is 23.9 Å². The van der Waals surface area contributed by atoms with Crippen molar-refractivity contribution in [1.82, 2.24) is 9.80 Å². The molecule has 0 N–H and O–H groups in total. The fourth-order valence-electron chi connectivity index (χ4n) is 5.77. The molecule has 0 unspecified atom stereocenters. The van der Waals surface area contributed by atoms with E-state index in [1.54, 1.807) is 0 Å². The van der Waals surface area contributed by atoms with Crippen molar-refractivity contribution >= 4 is 23.2 Å². The van der Waals surface area contributed by atoms with Crippen LogP contribution in [0.25, 0.3) is 0 Å². The maximum absolute atomic E-state index is 13.2. The molecule has 2 aromatic carbocycles. The Bertz CT molecular complexity index is 957. The van der Waals surface area contributed by atoms with E-state index in [0.29, 0.717) is 13.1 Å². The van der Waals surface area contributed by atoms with Crippen LogP contribution in [-0.2, 0) is 22.4 Å². The highest BCUT2D eigenvalue weighted by Crippen LogP contribution is 2.33. The molecule has 174 valence electrons. The third-order valence-electron chi connectivity index (χ3n) is 7.35. The van der Waals surface area contributed by atoms with Gasteiger partial charge in [-0.05, 0) is 69.5 Å². The lowest BCUT2D eigenvalue weighted by Crippen LogP contribution is -2.45. The minimum Gasteiger partial charge on any atom is -0.308 e. The zero-order chi connectivity index (χ0) is 22.9. The number of hydrogen-bond acceptors (Lipinski definition) is 4. The van der Waals surface area contributed by atoms with E-state index >= 15 is 0 Å². The maximum Gasteiger partial charge on any atom is 0.241 e. The van der Waals surface area contributed by atoms with E-state index < -0.39 is 0 Å². The monoisotopic (exact) mass is 446 g/mol. The number of carbonyl (C=O) groups excluding carboxylic acids is 2. The van der Waals surface area contributed by atoms with Gasteiger partial charge in [0.05, 0.1) is 13.1 Å². The van der Waals surface area contributed by atoms with Crippen molar-refractivity contribution in [2.75, 3.05) is 49.1 Å². The van der Waals surface area contributed by atoms with E-state index in [1.165, 1.54) is 11.1 Å². The van der Waals surface area contributed by atoms with Crippen LogP contribution in [0.5, 0.6) is 0 Å². The van der Waals surface area contributed by atoms with E-state index in [0.717, 1.165) is 56.8 Å². The fourth-order valence-corrected chi connectivity index (χ4v) is 5.77. The first-order valence-electron chi connectivity index (χ1n) is 12.3. The quantitative estimate of drug-likeness (QED) is 0.725. The Morgan fingerprint density at radius 1 is 0.697 bits per heavy atom. The lowest BCUT2D eigenvalue weighted by Gasteiger charge is -2.28. The smallest absolute Gasteiger partial charge is 0.241 e. The Balaban J connectivity index is 1.17.